The summed E-state index contributed by atoms with van der Waals surface area (Å²) in [6, 6.07) is 9.00. The zero-order chi connectivity index (χ0) is 14.8. The molecule has 104 valence electrons. The third kappa shape index (κ3) is 2.94. The van der Waals surface area contributed by atoms with E-state index in [9.17, 15) is 18.5 Å². The Kier molecular flexibility index (Phi) is 4.01. The Labute approximate surface area is 120 Å². The molecule has 0 N–H and O–H groups in total. The smallest absolute Gasteiger partial charge is 0.258 e. The predicted molar refractivity (Wildman–Crippen MR) is 73.2 cm³/mol. The van der Waals surface area contributed by atoms with Crippen LogP contribution in [-0.4, -0.2) is 18.3 Å². The Balaban J connectivity index is 2.46. The summed E-state index contributed by atoms with van der Waals surface area (Å²) in [6.45, 7) is 0. The first-order chi connectivity index (χ1) is 9.42. The van der Waals surface area contributed by atoms with E-state index in [1.54, 1.807) is 18.2 Å². The van der Waals surface area contributed by atoms with E-state index in [4.69, 9.17) is 11.6 Å². The molecule has 20 heavy (non-hydrogen) atoms. The quantitative estimate of drug-likeness (QED) is 0.491. The molecule has 0 amide bonds. The molecule has 0 aliphatic carbocycles. The Bertz CT molecular complexity index is 747. The summed E-state index contributed by atoms with van der Waals surface area (Å²) >= 11 is 5.65. The number of rotatable bonds is 4. The molecule has 0 unspecified atom stereocenters. The Hall–Kier alpha value is -1.99. The van der Waals surface area contributed by atoms with Crippen LogP contribution in [0.1, 0.15) is 5.56 Å². The number of pyridine rings is 1. The van der Waals surface area contributed by atoms with Crippen molar-refractivity contribution in [2.45, 2.75) is 10.6 Å². The van der Waals surface area contributed by atoms with Gasteiger partial charge in [0.1, 0.15) is 0 Å². The van der Waals surface area contributed by atoms with Crippen LogP contribution in [0.4, 0.5) is 5.69 Å². The molecule has 1 aromatic carbocycles. The molecule has 2 rings (SSSR count). The lowest BCUT2D eigenvalue weighted by molar-refractivity contribution is -0.385. The molecular weight excluding hydrogens is 304 g/mol. The average molecular weight is 313 g/mol. The summed E-state index contributed by atoms with van der Waals surface area (Å²) < 4.78 is 24.4. The second-order valence-corrected chi connectivity index (χ2v) is 6.29. The van der Waals surface area contributed by atoms with E-state index in [-0.39, 0.29) is 15.6 Å². The van der Waals surface area contributed by atoms with E-state index in [2.05, 4.69) is 4.98 Å². The Morgan fingerprint density at radius 3 is 2.45 bits per heavy atom. The van der Waals surface area contributed by atoms with Crippen molar-refractivity contribution in [3.63, 3.8) is 0 Å². The van der Waals surface area contributed by atoms with Crippen LogP contribution in [0.3, 0.4) is 0 Å². The molecule has 0 spiro atoms. The molecule has 0 atom stereocenters. The first kappa shape index (κ1) is 14.4. The highest BCUT2D eigenvalue weighted by molar-refractivity contribution is 7.90. The van der Waals surface area contributed by atoms with Gasteiger partial charge in [0.25, 0.3) is 0 Å². The summed E-state index contributed by atoms with van der Waals surface area (Å²) in [5, 5.41) is 10.6. The fraction of sp³-hybridized carbons (Fsp3) is 0.0833. The van der Waals surface area contributed by atoms with Gasteiger partial charge in [-0.2, -0.15) is 0 Å². The molecule has 8 heteroatoms. The van der Waals surface area contributed by atoms with Gasteiger partial charge >= 0.3 is 5.69 Å². The highest BCUT2D eigenvalue weighted by Crippen LogP contribution is 2.28. The van der Waals surface area contributed by atoms with Gasteiger partial charge in [0, 0.05) is 6.20 Å². The number of nitro groups is 1. The van der Waals surface area contributed by atoms with Gasteiger partial charge in [0.05, 0.1) is 21.1 Å². The Morgan fingerprint density at radius 2 is 1.85 bits per heavy atom. The predicted octanol–water partition coefficient (Wildman–Crippen LogP) is 2.62. The van der Waals surface area contributed by atoms with Crippen LogP contribution in [0.2, 0.25) is 5.15 Å². The van der Waals surface area contributed by atoms with Gasteiger partial charge in [-0.3, -0.25) is 10.1 Å². The van der Waals surface area contributed by atoms with Gasteiger partial charge in [0.15, 0.2) is 9.84 Å². The number of hydrogen-bond acceptors (Lipinski definition) is 5. The molecule has 0 aliphatic heterocycles. The number of halogens is 1. The van der Waals surface area contributed by atoms with Gasteiger partial charge in [0.2, 0.25) is 5.15 Å². The fourth-order valence-corrected chi connectivity index (χ4v) is 3.32. The van der Waals surface area contributed by atoms with Crippen LogP contribution in [0.25, 0.3) is 0 Å². The third-order valence-corrected chi connectivity index (χ3v) is 4.55. The highest BCUT2D eigenvalue weighted by Gasteiger charge is 2.25. The van der Waals surface area contributed by atoms with E-state index in [0.29, 0.717) is 0 Å². The normalized spacial score (nSPS) is 11.2. The van der Waals surface area contributed by atoms with Gasteiger partial charge in [-0.05, 0) is 18.2 Å². The number of aromatic nitrogens is 1. The van der Waals surface area contributed by atoms with Crippen molar-refractivity contribution >= 4 is 27.1 Å². The van der Waals surface area contributed by atoms with Crippen LogP contribution in [0.15, 0.2) is 47.5 Å². The monoisotopic (exact) mass is 312 g/mol. The van der Waals surface area contributed by atoms with Crippen molar-refractivity contribution in [2.75, 3.05) is 0 Å². The summed E-state index contributed by atoms with van der Waals surface area (Å²) in [6.07, 6.45) is 1.24. The molecule has 2 aromatic rings. The van der Waals surface area contributed by atoms with E-state index in [0.717, 1.165) is 0 Å². The molecule has 0 fully saturated rings. The van der Waals surface area contributed by atoms with Crippen LogP contribution in [0.5, 0.6) is 0 Å². The minimum Gasteiger partial charge on any atom is -0.258 e. The maximum atomic E-state index is 12.2. The average Bonchev–Trinajstić information content (AvgIpc) is 2.39. The van der Waals surface area contributed by atoms with Crippen molar-refractivity contribution in [3.8, 4) is 0 Å². The summed E-state index contributed by atoms with van der Waals surface area (Å²) in [5.74, 6) is -0.504. The molecular formula is C12H9ClN2O4S. The molecule has 1 aromatic heterocycles. The zero-order valence-corrected chi connectivity index (χ0v) is 11.6. The molecule has 0 aliphatic rings. The van der Waals surface area contributed by atoms with Crippen LogP contribution >= 0.6 is 11.6 Å². The van der Waals surface area contributed by atoms with Gasteiger partial charge in [-0.15, -0.1) is 0 Å². The number of hydrogen-bond donors (Lipinski definition) is 0. The van der Waals surface area contributed by atoms with Crippen molar-refractivity contribution in [1.29, 1.82) is 0 Å². The van der Waals surface area contributed by atoms with Crippen molar-refractivity contribution in [3.05, 3.63) is 63.4 Å². The molecule has 0 saturated carbocycles. The van der Waals surface area contributed by atoms with Crippen molar-refractivity contribution in [2.24, 2.45) is 0 Å². The van der Waals surface area contributed by atoms with Crippen molar-refractivity contribution < 1.29 is 13.3 Å². The van der Waals surface area contributed by atoms with Crippen LogP contribution in [0, 0.1) is 10.1 Å². The SMILES string of the molecule is O=[N+]([O-])c1c(CS(=O)(=O)c2ccccc2)ccnc1Cl. The van der Waals surface area contributed by atoms with Gasteiger partial charge in [-0.25, -0.2) is 13.4 Å². The van der Waals surface area contributed by atoms with E-state index >= 15 is 0 Å². The summed E-state index contributed by atoms with van der Waals surface area (Å²) in [7, 11) is -3.68. The van der Waals surface area contributed by atoms with E-state index in [1.807, 2.05) is 0 Å². The van der Waals surface area contributed by atoms with Crippen molar-refractivity contribution in [1.82, 2.24) is 4.98 Å². The van der Waals surface area contributed by atoms with E-state index < -0.39 is 26.2 Å². The summed E-state index contributed by atoms with van der Waals surface area (Å²) in [4.78, 5) is 13.9. The number of benzene rings is 1. The van der Waals surface area contributed by atoms with Crippen LogP contribution in [-0.2, 0) is 15.6 Å². The lowest BCUT2D eigenvalue weighted by Gasteiger charge is -2.05. The number of sulfone groups is 1. The topological polar surface area (TPSA) is 90.2 Å². The highest BCUT2D eigenvalue weighted by atomic mass is 35.5. The van der Waals surface area contributed by atoms with E-state index in [1.165, 1.54) is 24.4 Å². The second-order valence-electron chi connectivity index (χ2n) is 3.94. The second kappa shape index (κ2) is 5.56. The maximum absolute atomic E-state index is 12.2. The first-order valence-electron chi connectivity index (χ1n) is 5.47. The number of nitrogens with zero attached hydrogens (tertiary/aromatic N) is 2. The fourth-order valence-electron chi connectivity index (χ4n) is 1.69. The summed E-state index contributed by atoms with van der Waals surface area (Å²) in [5.41, 5.74) is -0.465. The molecule has 1 heterocycles. The molecule has 0 saturated heterocycles. The minimum absolute atomic E-state index is 0.0128. The molecule has 0 bridgehead atoms. The molecule has 6 nitrogen and oxygen atoms in total. The lowest BCUT2D eigenvalue weighted by Crippen LogP contribution is -2.07. The Morgan fingerprint density at radius 1 is 1.20 bits per heavy atom. The third-order valence-electron chi connectivity index (χ3n) is 2.59. The maximum Gasteiger partial charge on any atom is 0.310 e. The first-order valence-corrected chi connectivity index (χ1v) is 7.50. The lowest BCUT2D eigenvalue weighted by atomic mass is 10.2. The van der Waals surface area contributed by atoms with Gasteiger partial charge in [-0.1, -0.05) is 29.8 Å². The van der Waals surface area contributed by atoms with Gasteiger partial charge < -0.3 is 0 Å². The standard InChI is InChI=1S/C12H9ClN2O4S/c13-12-11(15(16)17)9(6-7-14-12)8-20(18,19)10-4-2-1-3-5-10/h1-7H,8H2. The zero-order valence-electron chi connectivity index (χ0n) is 10.1. The minimum atomic E-state index is -3.68. The van der Waals surface area contributed by atoms with Crippen LogP contribution < -0.4 is 0 Å². The largest absolute Gasteiger partial charge is 0.310 e. The molecule has 0 radical (unpaired) electrons.